The number of aromatic nitrogens is 2. The largest absolute Gasteiger partial charge is 0.466 e. The molecule has 3 aromatic rings. The molecule has 168 valence electrons. The molecule has 0 saturated carbocycles. The van der Waals surface area contributed by atoms with E-state index < -0.39 is 5.82 Å². The maximum atomic E-state index is 14.5. The van der Waals surface area contributed by atoms with E-state index in [2.05, 4.69) is 4.98 Å². The lowest BCUT2D eigenvalue weighted by atomic mass is 9.98. The average Bonchev–Trinajstić information content (AvgIpc) is 3.27. The van der Waals surface area contributed by atoms with Gasteiger partial charge in [0, 0.05) is 13.1 Å². The number of ether oxygens (including phenoxy) is 1. The second-order valence-corrected chi connectivity index (χ2v) is 9.20. The molecule has 1 aromatic carbocycles. The third-order valence-corrected chi connectivity index (χ3v) is 7.08. The van der Waals surface area contributed by atoms with Gasteiger partial charge < -0.3 is 9.64 Å². The summed E-state index contributed by atoms with van der Waals surface area (Å²) in [5, 5.41) is 2.01. The number of thiophene rings is 1. The van der Waals surface area contributed by atoms with E-state index in [-0.39, 0.29) is 40.0 Å². The van der Waals surface area contributed by atoms with Crippen LogP contribution in [0.5, 0.6) is 0 Å². The number of carbonyl (C=O) groups excluding carboxylic acids is 2. The van der Waals surface area contributed by atoms with Crippen LogP contribution in [-0.2, 0) is 14.3 Å². The molecular formula is C22H22FN3O4S2. The van der Waals surface area contributed by atoms with Crippen molar-refractivity contribution in [1.82, 2.24) is 14.5 Å². The summed E-state index contributed by atoms with van der Waals surface area (Å²) in [5.41, 5.74) is 0.240. The van der Waals surface area contributed by atoms with Gasteiger partial charge in [-0.05, 0) is 43.3 Å². The molecule has 32 heavy (non-hydrogen) atoms. The molecule has 1 atom stereocenters. The van der Waals surface area contributed by atoms with E-state index in [1.807, 2.05) is 0 Å². The highest BCUT2D eigenvalue weighted by molar-refractivity contribution is 7.99. The van der Waals surface area contributed by atoms with Gasteiger partial charge in [0.2, 0.25) is 5.91 Å². The molecule has 1 aliphatic heterocycles. The number of thioether (sulfide) groups is 1. The number of benzene rings is 1. The molecule has 4 rings (SSSR count). The maximum absolute atomic E-state index is 14.5. The molecule has 1 unspecified atom stereocenters. The summed E-state index contributed by atoms with van der Waals surface area (Å²) in [6.45, 7) is 2.94. The Bertz CT molecular complexity index is 1210. The van der Waals surface area contributed by atoms with Crippen molar-refractivity contribution in [3.63, 3.8) is 0 Å². The minimum atomic E-state index is -0.547. The highest BCUT2D eigenvalue weighted by atomic mass is 32.2. The molecule has 10 heteroatoms. The van der Waals surface area contributed by atoms with E-state index in [1.165, 1.54) is 28.0 Å². The van der Waals surface area contributed by atoms with E-state index in [4.69, 9.17) is 4.74 Å². The number of likely N-dealkylation sites (tertiary alicyclic amines) is 1. The molecular weight excluding hydrogens is 453 g/mol. The first-order valence-electron chi connectivity index (χ1n) is 10.3. The van der Waals surface area contributed by atoms with Crippen molar-refractivity contribution in [3.8, 4) is 5.69 Å². The predicted molar refractivity (Wildman–Crippen MR) is 122 cm³/mol. The molecule has 1 aliphatic rings. The first kappa shape index (κ1) is 22.5. The van der Waals surface area contributed by atoms with Gasteiger partial charge in [0.25, 0.3) is 5.56 Å². The van der Waals surface area contributed by atoms with Crippen LogP contribution in [0, 0.1) is 11.7 Å². The SMILES string of the molecule is CCOC(=O)C1CCCN(C(=O)CSc2nc3ccsc3c(=O)n2-c2ccccc2F)C1. The number of piperidine rings is 1. The van der Waals surface area contributed by atoms with Gasteiger partial charge in [0.05, 0.1) is 29.5 Å². The number of fused-ring (bicyclic) bond motifs is 1. The van der Waals surface area contributed by atoms with Gasteiger partial charge in [-0.2, -0.15) is 0 Å². The smallest absolute Gasteiger partial charge is 0.310 e. The third-order valence-electron chi connectivity index (χ3n) is 5.26. The average molecular weight is 476 g/mol. The Balaban J connectivity index is 1.57. The Morgan fingerprint density at radius 2 is 2.12 bits per heavy atom. The normalized spacial score (nSPS) is 16.3. The first-order valence-corrected chi connectivity index (χ1v) is 12.2. The van der Waals surface area contributed by atoms with Crippen LogP contribution in [0.3, 0.4) is 0 Å². The quantitative estimate of drug-likeness (QED) is 0.309. The monoisotopic (exact) mass is 475 g/mol. The molecule has 1 amide bonds. The van der Waals surface area contributed by atoms with Crippen LogP contribution in [-0.4, -0.2) is 51.8 Å². The first-order chi connectivity index (χ1) is 15.5. The number of rotatable bonds is 6. The summed E-state index contributed by atoms with van der Waals surface area (Å²) in [6.07, 6.45) is 1.41. The van der Waals surface area contributed by atoms with Crippen LogP contribution in [0.2, 0.25) is 0 Å². The topological polar surface area (TPSA) is 81.5 Å². The lowest BCUT2D eigenvalue weighted by Crippen LogP contribution is -2.43. The van der Waals surface area contributed by atoms with Crippen molar-refractivity contribution in [1.29, 1.82) is 0 Å². The fraction of sp³-hybridized carbons (Fsp3) is 0.364. The molecule has 0 N–H and O–H groups in total. The van der Waals surface area contributed by atoms with Crippen LogP contribution in [0.1, 0.15) is 19.8 Å². The number of carbonyl (C=O) groups is 2. The fourth-order valence-electron chi connectivity index (χ4n) is 3.71. The number of esters is 1. The molecule has 0 aliphatic carbocycles. The number of halogens is 1. The molecule has 7 nitrogen and oxygen atoms in total. The number of hydrogen-bond acceptors (Lipinski definition) is 7. The second kappa shape index (κ2) is 9.83. The Hall–Kier alpha value is -2.72. The van der Waals surface area contributed by atoms with Crippen LogP contribution in [0.4, 0.5) is 4.39 Å². The highest BCUT2D eigenvalue weighted by Gasteiger charge is 2.29. The lowest BCUT2D eigenvalue weighted by molar-refractivity contribution is -0.151. The number of nitrogens with zero attached hydrogens (tertiary/aromatic N) is 3. The Morgan fingerprint density at radius 3 is 2.91 bits per heavy atom. The van der Waals surface area contributed by atoms with Gasteiger partial charge in [-0.25, -0.2) is 9.37 Å². The number of para-hydroxylation sites is 1. The highest BCUT2D eigenvalue weighted by Crippen LogP contribution is 2.26. The molecule has 1 saturated heterocycles. The Labute approximate surface area is 192 Å². The van der Waals surface area contributed by atoms with E-state index in [9.17, 15) is 18.8 Å². The molecule has 0 spiro atoms. The van der Waals surface area contributed by atoms with Crippen molar-refractivity contribution in [2.24, 2.45) is 5.92 Å². The zero-order chi connectivity index (χ0) is 22.7. The van der Waals surface area contributed by atoms with Crippen LogP contribution in [0.25, 0.3) is 15.9 Å². The summed E-state index contributed by atoms with van der Waals surface area (Å²) in [6, 6.07) is 7.72. The summed E-state index contributed by atoms with van der Waals surface area (Å²) in [4.78, 5) is 44.2. The van der Waals surface area contributed by atoms with Crippen molar-refractivity contribution < 1.29 is 18.7 Å². The minimum absolute atomic E-state index is 0.0199. The zero-order valence-corrected chi connectivity index (χ0v) is 19.1. The standard InChI is InChI=1S/C22H22FN3O4S2/c1-2-30-21(29)14-6-5-10-25(12-14)18(27)13-32-22-24-16-9-11-31-19(16)20(28)26(22)17-8-4-3-7-15(17)23/h3-4,7-9,11,14H,2,5-6,10,12-13H2,1H3. The van der Waals surface area contributed by atoms with E-state index >= 15 is 0 Å². The van der Waals surface area contributed by atoms with Gasteiger partial charge in [0.1, 0.15) is 10.5 Å². The predicted octanol–water partition coefficient (Wildman–Crippen LogP) is 3.48. The number of amides is 1. The van der Waals surface area contributed by atoms with E-state index in [0.29, 0.717) is 36.3 Å². The van der Waals surface area contributed by atoms with Gasteiger partial charge in [-0.3, -0.25) is 19.0 Å². The minimum Gasteiger partial charge on any atom is -0.466 e. The Morgan fingerprint density at radius 1 is 1.31 bits per heavy atom. The van der Waals surface area contributed by atoms with Crippen molar-refractivity contribution >= 4 is 45.2 Å². The zero-order valence-electron chi connectivity index (χ0n) is 17.5. The van der Waals surface area contributed by atoms with Gasteiger partial charge >= 0.3 is 5.97 Å². The molecule has 0 bridgehead atoms. The molecule has 0 radical (unpaired) electrons. The van der Waals surface area contributed by atoms with Crippen molar-refractivity contribution in [2.45, 2.75) is 24.9 Å². The lowest BCUT2D eigenvalue weighted by Gasteiger charge is -2.31. The molecule has 2 aromatic heterocycles. The van der Waals surface area contributed by atoms with Crippen LogP contribution >= 0.6 is 23.1 Å². The Kier molecular flexibility index (Phi) is 6.90. The number of hydrogen-bond donors (Lipinski definition) is 0. The summed E-state index contributed by atoms with van der Waals surface area (Å²) in [7, 11) is 0. The van der Waals surface area contributed by atoms with Crippen molar-refractivity contribution in [2.75, 3.05) is 25.4 Å². The van der Waals surface area contributed by atoms with Gasteiger partial charge in [-0.15, -0.1) is 11.3 Å². The summed E-state index contributed by atoms with van der Waals surface area (Å²) >= 11 is 2.33. The summed E-state index contributed by atoms with van der Waals surface area (Å²) in [5.74, 6) is -1.30. The van der Waals surface area contributed by atoms with E-state index in [0.717, 1.165) is 18.2 Å². The second-order valence-electron chi connectivity index (χ2n) is 7.34. The summed E-state index contributed by atoms with van der Waals surface area (Å²) < 4.78 is 21.3. The van der Waals surface area contributed by atoms with Gasteiger partial charge in [0.15, 0.2) is 5.16 Å². The van der Waals surface area contributed by atoms with Crippen molar-refractivity contribution in [3.05, 3.63) is 51.9 Å². The molecule has 1 fully saturated rings. The van der Waals surface area contributed by atoms with Gasteiger partial charge in [-0.1, -0.05) is 23.9 Å². The third kappa shape index (κ3) is 4.56. The van der Waals surface area contributed by atoms with E-state index in [1.54, 1.807) is 35.4 Å². The fourth-order valence-corrected chi connectivity index (χ4v) is 5.38. The molecule has 3 heterocycles. The van der Waals surface area contributed by atoms with Crippen LogP contribution < -0.4 is 5.56 Å². The maximum Gasteiger partial charge on any atom is 0.310 e. The van der Waals surface area contributed by atoms with Crippen LogP contribution in [0.15, 0.2) is 45.7 Å².